The van der Waals surface area contributed by atoms with Gasteiger partial charge in [0.05, 0.1) is 4.90 Å². The number of nitrogens with one attached hydrogen (secondary N) is 2. The summed E-state index contributed by atoms with van der Waals surface area (Å²) in [7, 11) is -3.36. The largest absolute Gasteiger partial charge is 0.315 e. The fraction of sp³-hybridized carbons (Fsp3) is 0.538. The molecule has 6 heteroatoms. The van der Waals surface area contributed by atoms with Gasteiger partial charge in [-0.25, -0.2) is 13.1 Å². The van der Waals surface area contributed by atoms with Crippen molar-refractivity contribution in [1.82, 2.24) is 10.0 Å². The van der Waals surface area contributed by atoms with Gasteiger partial charge in [0.1, 0.15) is 0 Å². The van der Waals surface area contributed by atoms with Crippen LogP contribution in [0.25, 0.3) is 0 Å². The lowest BCUT2D eigenvalue weighted by atomic mass is 10.2. The Hall–Kier alpha value is -0.620. The van der Waals surface area contributed by atoms with Gasteiger partial charge in [-0.15, -0.1) is 12.4 Å². The van der Waals surface area contributed by atoms with Crippen LogP contribution in [0.4, 0.5) is 0 Å². The molecule has 2 N–H and O–H groups in total. The lowest BCUT2D eigenvalue weighted by Gasteiger charge is -2.08. The number of halogens is 1. The molecule has 0 atom stereocenters. The third-order valence-electron chi connectivity index (χ3n) is 2.66. The first-order chi connectivity index (χ1) is 8.60. The second-order valence-corrected chi connectivity index (χ2v) is 5.91. The van der Waals surface area contributed by atoms with E-state index in [1.807, 2.05) is 19.1 Å². The van der Waals surface area contributed by atoms with Crippen molar-refractivity contribution in [3.05, 3.63) is 29.8 Å². The van der Waals surface area contributed by atoms with Gasteiger partial charge in [0.15, 0.2) is 0 Å². The van der Waals surface area contributed by atoms with Crippen LogP contribution in [0, 0.1) is 0 Å². The Morgan fingerprint density at radius 2 is 1.63 bits per heavy atom. The zero-order valence-corrected chi connectivity index (χ0v) is 13.1. The third-order valence-corrected chi connectivity index (χ3v) is 4.14. The van der Waals surface area contributed by atoms with Crippen molar-refractivity contribution in [2.24, 2.45) is 0 Å². The fourth-order valence-electron chi connectivity index (χ4n) is 1.56. The summed E-state index contributed by atoms with van der Waals surface area (Å²) in [6.45, 7) is 6.10. The highest BCUT2D eigenvalue weighted by Crippen LogP contribution is 2.10. The average molecular weight is 307 g/mol. The number of benzene rings is 1. The summed E-state index contributed by atoms with van der Waals surface area (Å²) in [5.41, 5.74) is 1.14. The number of sulfonamides is 1. The van der Waals surface area contributed by atoms with E-state index in [4.69, 9.17) is 0 Å². The molecule has 0 radical (unpaired) electrons. The molecule has 1 rings (SSSR count). The summed E-state index contributed by atoms with van der Waals surface area (Å²) >= 11 is 0. The van der Waals surface area contributed by atoms with Crippen molar-refractivity contribution >= 4 is 22.4 Å². The SMILES string of the molecule is CCCNCCNS(=O)(=O)c1ccc(CC)cc1.Cl. The van der Waals surface area contributed by atoms with E-state index in [0.29, 0.717) is 18.0 Å². The van der Waals surface area contributed by atoms with E-state index in [2.05, 4.69) is 17.0 Å². The van der Waals surface area contributed by atoms with Gasteiger partial charge in [-0.1, -0.05) is 26.0 Å². The lowest BCUT2D eigenvalue weighted by molar-refractivity contribution is 0.575. The zero-order valence-electron chi connectivity index (χ0n) is 11.5. The van der Waals surface area contributed by atoms with Gasteiger partial charge in [0, 0.05) is 13.1 Å². The molecule has 0 fully saturated rings. The van der Waals surface area contributed by atoms with Crippen LogP contribution in [0.15, 0.2) is 29.2 Å². The van der Waals surface area contributed by atoms with Crippen LogP contribution in [0.1, 0.15) is 25.8 Å². The normalized spacial score (nSPS) is 11.1. The van der Waals surface area contributed by atoms with E-state index in [-0.39, 0.29) is 12.4 Å². The highest BCUT2D eigenvalue weighted by molar-refractivity contribution is 7.89. The maximum absolute atomic E-state index is 11.9. The zero-order chi connectivity index (χ0) is 13.4. The maximum Gasteiger partial charge on any atom is 0.240 e. The average Bonchev–Trinajstić information content (AvgIpc) is 2.38. The molecule has 0 aromatic heterocycles. The maximum atomic E-state index is 11.9. The Bertz CT molecular complexity index is 446. The molecule has 19 heavy (non-hydrogen) atoms. The van der Waals surface area contributed by atoms with Gasteiger partial charge in [-0.05, 0) is 37.1 Å². The van der Waals surface area contributed by atoms with Crippen molar-refractivity contribution in [1.29, 1.82) is 0 Å². The molecule has 4 nitrogen and oxygen atoms in total. The second-order valence-electron chi connectivity index (χ2n) is 4.15. The minimum Gasteiger partial charge on any atom is -0.315 e. The first kappa shape index (κ1) is 18.4. The molecule has 0 spiro atoms. The molecule has 0 unspecified atom stereocenters. The van der Waals surface area contributed by atoms with Crippen molar-refractivity contribution in [2.45, 2.75) is 31.6 Å². The van der Waals surface area contributed by atoms with Crippen LogP contribution in [-0.2, 0) is 16.4 Å². The van der Waals surface area contributed by atoms with Gasteiger partial charge in [0.25, 0.3) is 0 Å². The number of aryl methyl sites for hydroxylation is 1. The fourth-order valence-corrected chi connectivity index (χ4v) is 2.60. The predicted molar refractivity (Wildman–Crippen MR) is 81.4 cm³/mol. The van der Waals surface area contributed by atoms with Crippen molar-refractivity contribution in [2.75, 3.05) is 19.6 Å². The summed E-state index contributed by atoms with van der Waals surface area (Å²) < 4.78 is 26.4. The molecule has 110 valence electrons. The smallest absolute Gasteiger partial charge is 0.240 e. The first-order valence-corrected chi connectivity index (χ1v) is 7.87. The minimum atomic E-state index is -3.36. The predicted octanol–water partition coefficient (Wildman–Crippen LogP) is 1.95. The quantitative estimate of drug-likeness (QED) is 0.722. The van der Waals surface area contributed by atoms with Crippen LogP contribution < -0.4 is 10.0 Å². The second kappa shape index (κ2) is 9.31. The Balaban J connectivity index is 0.00000324. The molecule has 1 aromatic rings. The van der Waals surface area contributed by atoms with E-state index < -0.39 is 10.0 Å². The molecule has 0 saturated heterocycles. The standard InChI is InChI=1S/C13H22N2O2S.ClH/c1-3-9-14-10-11-15-18(16,17)13-7-5-12(4-2)6-8-13;/h5-8,14-15H,3-4,9-11H2,1-2H3;1H. The van der Waals surface area contributed by atoms with Gasteiger partial charge >= 0.3 is 0 Å². The summed E-state index contributed by atoms with van der Waals surface area (Å²) in [6, 6.07) is 7.01. The lowest BCUT2D eigenvalue weighted by Crippen LogP contribution is -2.32. The van der Waals surface area contributed by atoms with E-state index in [1.54, 1.807) is 12.1 Å². The topological polar surface area (TPSA) is 58.2 Å². The molecule has 1 aromatic carbocycles. The van der Waals surface area contributed by atoms with Crippen LogP contribution in [0.5, 0.6) is 0 Å². The number of hydrogen-bond donors (Lipinski definition) is 2. The Kier molecular flexibility index (Phi) is 9.01. The Labute approximate surface area is 122 Å². The highest BCUT2D eigenvalue weighted by Gasteiger charge is 2.12. The Morgan fingerprint density at radius 1 is 1.00 bits per heavy atom. The van der Waals surface area contributed by atoms with Crippen molar-refractivity contribution < 1.29 is 8.42 Å². The molecule has 0 bridgehead atoms. The molecule has 0 saturated carbocycles. The van der Waals surface area contributed by atoms with Crippen LogP contribution in [0.3, 0.4) is 0 Å². The van der Waals surface area contributed by atoms with E-state index >= 15 is 0 Å². The van der Waals surface area contributed by atoms with Crippen LogP contribution in [-0.4, -0.2) is 28.1 Å². The highest BCUT2D eigenvalue weighted by atomic mass is 35.5. The molecule has 0 aliphatic heterocycles. The molecular formula is C13H23ClN2O2S. The number of hydrogen-bond acceptors (Lipinski definition) is 3. The first-order valence-electron chi connectivity index (χ1n) is 6.39. The molecule has 0 amide bonds. The van der Waals surface area contributed by atoms with Crippen LogP contribution >= 0.6 is 12.4 Å². The minimum absolute atomic E-state index is 0. The van der Waals surface area contributed by atoms with E-state index in [9.17, 15) is 8.42 Å². The van der Waals surface area contributed by atoms with Gasteiger partial charge in [-0.3, -0.25) is 0 Å². The monoisotopic (exact) mass is 306 g/mol. The van der Waals surface area contributed by atoms with Gasteiger partial charge in [0.2, 0.25) is 10.0 Å². The summed E-state index contributed by atoms with van der Waals surface area (Å²) in [5.74, 6) is 0. The number of rotatable bonds is 8. The van der Waals surface area contributed by atoms with Gasteiger partial charge < -0.3 is 5.32 Å². The van der Waals surface area contributed by atoms with E-state index in [0.717, 1.165) is 24.9 Å². The molecular weight excluding hydrogens is 284 g/mol. The summed E-state index contributed by atoms with van der Waals surface area (Å²) in [5, 5.41) is 3.15. The van der Waals surface area contributed by atoms with Crippen molar-refractivity contribution in [3.63, 3.8) is 0 Å². The van der Waals surface area contributed by atoms with Gasteiger partial charge in [-0.2, -0.15) is 0 Å². The van der Waals surface area contributed by atoms with Crippen molar-refractivity contribution in [3.8, 4) is 0 Å². The molecule has 0 heterocycles. The summed E-state index contributed by atoms with van der Waals surface area (Å²) in [4.78, 5) is 0.329. The van der Waals surface area contributed by atoms with E-state index in [1.165, 1.54) is 0 Å². The Morgan fingerprint density at radius 3 is 2.16 bits per heavy atom. The summed E-state index contributed by atoms with van der Waals surface area (Å²) in [6.07, 6.45) is 1.96. The third kappa shape index (κ3) is 6.38. The molecule has 0 aliphatic rings. The van der Waals surface area contributed by atoms with Crippen LogP contribution in [0.2, 0.25) is 0 Å². The molecule has 0 aliphatic carbocycles.